The molecule has 1 saturated heterocycles. The zero-order valence-electron chi connectivity index (χ0n) is 17.7. The van der Waals surface area contributed by atoms with Crippen molar-refractivity contribution in [1.29, 1.82) is 0 Å². The molecule has 1 heterocycles. The third-order valence-electron chi connectivity index (χ3n) is 5.24. The minimum absolute atomic E-state index is 0.0171. The molecule has 0 saturated carbocycles. The van der Waals surface area contributed by atoms with Crippen LogP contribution in [0.1, 0.15) is 6.92 Å². The van der Waals surface area contributed by atoms with Gasteiger partial charge < -0.3 is 25.5 Å². The lowest BCUT2D eigenvalue weighted by Crippen LogP contribution is -2.61. The number of hydrogen-bond acceptors (Lipinski definition) is 8. The third kappa shape index (κ3) is 10.0. The van der Waals surface area contributed by atoms with Crippen LogP contribution >= 0.6 is 0 Å². The summed E-state index contributed by atoms with van der Waals surface area (Å²) < 4.78 is -0.777. The Hall–Kier alpha value is -2.32. The van der Waals surface area contributed by atoms with E-state index in [-0.39, 0.29) is 58.9 Å². The molecule has 2 atom stereocenters. The first kappa shape index (κ1) is 26.7. The van der Waals surface area contributed by atoms with Gasteiger partial charge >= 0.3 is 24.0 Å². The standard InChI is InChI=1S/C18H32N4O9/c1-14(23)10-20-4-2-19(11-15(24)25)3-5-21(12-16(26)27)7-9-22(8-6-20,18(30)31)13-17(28)29/h14,23H,2-13H2,1H3,(H3-,24,25,26,27,28,29,30,31)/p+1. The Morgan fingerprint density at radius 1 is 0.742 bits per heavy atom. The Balaban J connectivity index is 3.18. The van der Waals surface area contributed by atoms with Gasteiger partial charge in [-0.3, -0.25) is 24.3 Å². The van der Waals surface area contributed by atoms with Crippen molar-refractivity contribution >= 4 is 24.0 Å². The normalized spacial score (nSPS) is 23.9. The van der Waals surface area contributed by atoms with Crippen LogP contribution in [0.15, 0.2) is 0 Å². The van der Waals surface area contributed by atoms with E-state index in [1.165, 1.54) is 4.90 Å². The molecule has 0 bridgehead atoms. The molecule has 1 aliphatic rings. The van der Waals surface area contributed by atoms with Gasteiger partial charge in [-0.15, -0.1) is 0 Å². The fourth-order valence-electron chi connectivity index (χ4n) is 3.61. The van der Waals surface area contributed by atoms with Crippen molar-refractivity contribution in [2.24, 2.45) is 0 Å². The van der Waals surface area contributed by atoms with Gasteiger partial charge in [0, 0.05) is 45.8 Å². The molecular weight excluding hydrogens is 416 g/mol. The van der Waals surface area contributed by atoms with E-state index in [1.807, 2.05) is 0 Å². The number of rotatable bonds is 8. The number of amides is 1. The first-order valence-electron chi connectivity index (χ1n) is 10.0. The minimum atomic E-state index is -1.32. The van der Waals surface area contributed by atoms with Gasteiger partial charge in [0.1, 0.15) is 13.1 Å². The van der Waals surface area contributed by atoms with Crippen LogP contribution in [0.4, 0.5) is 4.79 Å². The summed E-state index contributed by atoms with van der Waals surface area (Å²) in [5, 5.41) is 47.3. The molecule has 1 fully saturated rings. The van der Waals surface area contributed by atoms with Crippen LogP contribution in [0.5, 0.6) is 0 Å². The van der Waals surface area contributed by atoms with Crippen molar-refractivity contribution in [2.45, 2.75) is 13.0 Å². The molecule has 31 heavy (non-hydrogen) atoms. The average molecular weight is 449 g/mol. The van der Waals surface area contributed by atoms with E-state index >= 15 is 0 Å². The van der Waals surface area contributed by atoms with Crippen LogP contribution in [0.3, 0.4) is 0 Å². The van der Waals surface area contributed by atoms with Crippen LogP contribution in [-0.4, -0.2) is 153 Å². The number of aliphatic carboxylic acids is 3. The average Bonchev–Trinajstić information content (AvgIpc) is 2.62. The van der Waals surface area contributed by atoms with Crippen molar-refractivity contribution in [2.75, 3.05) is 78.5 Å². The van der Waals surface area contributed by atoms with Gasteiger partial charge in [0.2, 0.25) is 0 Å². The molecule has 0 aromatic carbocycles. The maximum Gasteiger partial charge on any atom is 0.514 e. The van der Waals surface area contributed by atoms with Gasteiger partial charge in [-0.2, -0.15) is 4.79 Å². The molecule has 1 amide bonds. The highest BCUT2D eigenvalue weighted by Crippen LogP contribution is 2.11. The molecule has 0 spiro atoms. The summed E-state index contributed by atoms with van der Waals surface area (Å²) in [6, 6.07) is 0. The molecule has 2 unspecified atom stereocenters. The molecule has 0 radical (unpaired) electrons. The minimum Gasteiger partial charge on any atom is -0.480 e. The molecule has 13 heteroatoms. The SMILES string of the molecule is CC(O)CN1CCN(CC(=O)O)CCN(CC(=O)O)CC[N+](CC(=O)O)(C(=O)O)CC1. The number of nitrogens with zero attached hydrogens (tertiary/aromatic N) is 4. The highest BCUT2D eigenvalue weighted by atomic mass is 16.4. The largest absolute Gasteiger partial charge is 0.514 e. The Labute approximate surface area is 180 Å². The Kier molecular flexibility index (Phi) is 10.8. The van der Waals surface area contributed by atoms with E-state index in [0.717, 1.165) is 0 Å². The number of carbonyl (C=O) groups is 4. The zero-order valence-corrected chi connectivity index (χ0v) is 17.7. The lowest BCUT2D eigenvalue weighted by molar-refractivity contribution is -0.849. The molecule has 13 nitrogen and oxygen atoms in total. The number of quaternary nitrogens is 1. The molecule has 178 valence electrons. The van der Waals surface area contributed by atoms with Crippen molar-refractivity contribution in [3.05, 3.63) is 0 Å². The summed E-state index contributed by atoms with van der Waals surface area (Å²) >= 11 is 0. The van der Waals surface area contributed by atoms with E-state index in [2.05, 4.69) is 0 Å². The third-order valence-corrected chi connectivity index (χ3v) is 5.24. The summed E-state index contributed by atoms with van der Waals surface area (Å²) in [7, 11) is 0. The van der Waals surface area contributed by atoms with Crippen LogP contribution < -0.4 is 0 Å². The van der Waals surface area contributed by atoms with E-state index in [0.29, 0.717) is 13.1 Å². The van der Waals surface area contributed by atoms with Gasteiger partial charge in [-0.05, 0) is 6.92 Å². The van der Waals surface area contributed by atoms with E-state index in [4.69, 9.17) is 5.11 Å². The van der Waals surface area contributed by atoms with Crippen LogP contribution in [0, 0.1) is 0 Å². The monoisotopic (exact) mass is 449 g/mol. The smallest absolute Gasteiger partial charge is 0.480 e. The Bertz CT molecular complexity index is 646. The molecule has 5 N–H and O–H groups in total. The van der Waals surface area contributed by atoms with Gasteiger partial charge in [0.25, 0.3) is 0 Å². The zero-order chi connectivity index (χ0) is 23.6. The number of carboxylic acids is 3. The van der Waals surface area contributed by atoms with Gasteiger partial charge in [0.15, 0.2) is 6.54 Å². The predicted octanol–water partition coefficient (Wildman–Crippen LogP) is -1.96. The van der Waals surface area contributed by atoms with Gasteiger partial charge in [-0.25, -0.2) is 9.28 Å². The second-order valence-corrected chi connectivity index (χ2v) is 7.92. The van der Waals surface area contributed by atoms with Crippen molar-refractivity contribution < 1.29 is 49.2 Å². The molecule has 1 aliphatic heterocycles. The topological polar surface area (TPSA) is 179 Å². The fourth-order valence-corrected chi connectivity index (χ4v) is 3.61. The highest BCUT2D eigenvalue weighted by Gasteiger charge is 2.40. The summed E-state index contributed by atoms with van der Waals surface area (Å²) in [4.78, 5) is 50.9. The second kappa shape index (κ2) is 12.5. The Morgan fingerprint density at radius 3 is 1.55 bits per heavy atom. The number of hydrogen-bond donors (Lipinski definition) is 5. The quantitative estimate of drug-likeness (QED) is 0.259. The number of β-amino-alcohol motifs (C(OH)–C–C–N with tert-alkyl or cyclic N) is 1. The molecule has 0 aromatic rings. The van der Waals surface area contributed by atoms with Crippen LogP contribution in [0.25, 0.3) is 0 Å². The highest BCUT2D eigenvalue weighted by molar-refractivity contribution is 5.71. The van der Waals surface area contributed by atoms with Gasteiger partial charge in [-0.1, -0.05) is 0 Å². The fraction of sp³-hybridized carbons (Fsp3) is 0.778. The number of aliphatic hydroxyl groups is 1. The summed E-state index contributed by atoms with van der Waals surface area (Å²) in [6.07, 6.45) is -2.03. The maximum absolute atomic E-state index is 12.1. The van der Waals surface area contributed by atoms with Crippen LogP contribution in [0.2, 0.25) is 0 Å². The van der Waals surface area contributed by atoms with E-state index < -0.39 is 41.1 Å². The molecule has 0 aliphatic carbocycles. The Morgan fingerprint density at radius 2 is 1.16 bits per heavy atom. The van der Waals surface area contributed by atoms with Crippen molar-refractivity contribution in [3.63, 3.8) is 0 Å². The molecule has 1 rings (SSSR count). The van der Waals surface area contributed by atoms with E-state index in [1.54, 1.807) is 16.7 Å². The summed E-state index contributed by atoms with van der Waals surface area (Å²) in [5.41, 5.74) is 0. The summed E-state index contributed by atoms with van der Waals surface area (Å²) in [5.74, 6) is -3.43. The molecule has 0 aromatic heterocycles. The lowest BCUT2D eigenvalue weighted by Gasteiger charge is -2.37. The second-order valence-electron chi connectivity index (χ2n) is 7.92. The van der Waals surface area contributed by atoms with Crippen molar-refractivity contribution in [3.8, 4) is 0 Å². The number of aliphatic hydroxyl groups excluding tert-OH is 1. The number of carboxylic acid groups (broad SMARTS) is 4. The van der Waals surface area contributed by atoms with E-state index in [9.17, 15) is 39.6 Å². The van der Waals surface area contributed by atoms with Crippen LogP contribution in [-0.2, 0) is 14.4 Å². The van der Waals surface area contributed by atoms with Crippen molar-refractivity contribution in [1.82, 2.24) is 14.7 Å². The lowest BCUT2D eigenvalue weighted by atomic mass is 10.2. The predicted molar refractivity (Wildman–Crippen MR) is 107 cm³/mol. The van der Waals surface area contributed by atoms with Gasteiger partial charge in [0.05, 0.1) is 19.2 Å². The maximum atomic E-state index is 12.1. The molecular formula is C18H33N4O9+. The first-order valence-corrected chi connectivity index (χ1v) is 10.0. The first-order chi connectivity index (χ1) is 14.4. The summed E-state index contributed by atoms with van der Waals surface area (Å²) in [6.45, 7) is 1.60.